The lowest BCUT2D eigenvalue weighted by molar-refractivity contribution is 0.122. The Morgan fingerprint density at radius 2 is 1.15 bits per heavy atom. The molecule has 4 atom stereocenters. The molecule has 0 aromatic carbocycles. The van der Waals surface area contributed by atoms with Gasteiger partial charge in [-0.15, -0.1) is 0 Å². The monoisotopic (exact) mass is 286 g/mol. The van der Waals surface area contributed by atoms with E-state index in [1.54, 1.807) is 0 Å². The van der Waals surface area contributed by atoms with Crippen molar-refractivity contribution in [1.82, 2.24) is 0 Å². The molecule has 0 aromatic heterocycles. The molecule has 0 fully saturated rings. The van der Waals surface area contributed by atoms with Crippen molar-refractivity contribution in [3.63, 3.8) is 0 Å². The van der Waals surface area contributed by atoms with E-state index in [1.807, 2.05) is 6.92 Å². The van der Waals surface area contributed by atoms with Crippen molar-refractivity contribution in [1.29, 1.82) is 0 Å². The maximum absolute atomic E-state index is 9.96. The average Bonchev–Trinajstić information content (AvgIpc) is 2.43. The summed E-state index contributed by atoms with van der Waals surface area (Å²) in [5.41, 5.74) is 0. The molecule has 0 saturated carbocycles. The van der Waals surface area contributed by atoms with Crippen molar-refractivity contribution >= 4 is 0 Å². The standard InChI is InChI=1S/C18H38O2/c1-5-8-15(3)11-12-16(4)13-14-18(20)10-7-9-17(19)6-2/h15-20H,5-14H2,1-4H3/t15-,16+,17-,18+/m1/s1. The van der Waals surface area contributed by atoms with Gasteiger partial charge in [0, 0.05) is 0 Å². The predicted molar refractivity (Wildman–Crippen MR) is 87.9 cm³/mol. The molecule has 0 unspecified atom stereocenters. The second-order valence-corrected chi connectivity index (χ2v) is 6.80. The van der Waals surface area contributed by atoms with Crippen LogP contribution in [0.1, 0.15) is 91.9 Å². The largest absolute Gasteiger partial charge is 0.393 e. The van der Waals surface area contributed by atoms with Crippen LogP contribution >= 0.6 is 0 Å². The fourth-order valence-corrected chi connectivity index (χ4v) is 2.76. The number of aliphatic hydroxyl groups is 2. The molecule has 122 valence electrons. The van der Waals surface area contributed by atoms with Crippen LogP contribution in [0.5, 0.6) is 0 Å². The summed E-state index contributed by atoms with van der Waals surface area (Å²) in [4.78, 5) is 0. The second kappa shape index (κ2) is 12.6. The lowest BCUT2D eigenvalue weighted by atomic mass is 9.91. The highest BCUT2D eigenvalue weighted by molar-refractivity contribution is 4.63. The van der Waals surface area contributed by atoms with E-state index in [9.17, 15) is 10.2 Å². The van der Waals surface area contributed by atoms with Gasteiger partial charge in [-0.05, 0) is 50.4 Å². The van der Waals surface area contributed by atoms with Crippen LogP contribution in [0.3, 0.4) is 0 Å². The van der Waals surface area contributed by atoms with E-state index in [0.29, 0.717) is 0 Å². The average molecular weight is 286 g/mol. The Balaban J connectivity index is 3.55. The van der Waals surface area contributed by atoms with Gasteiger partial charge in [0.05, 0.1) is 12.2 Å². The lowest BCUT2D eigenvalue weighted by Crippen LogP contribution is -2.11. The van der Waals surface area contributed by atoms with Crippen molar-refractivity contribution < 1.29 is 10.2 Å². The van der Waals surface area contributed by atoms with Gasteiger partial charge in [-0.25, -0.2) is 0 Å². The Morgan fingerprint density at radius 1 is 0.650 bits per heavy atom. The molecule has 0 rings (SSSR count). The van der Waals surface area contributed by atoms with Crippen LogP contribution in [-0.4, -0.2) is 22.4 Å². The summed E-state index contributed by atoms with van der Waals surface area (Å²) in [5.74, 6) is 1.58. The Morgan fingerprint density at radius 3 is 1.70 bits per heavy atom. The first-order valence-electron chi connectivity index (χ1n) is 8.85. The molecule has 0 radical (unpaired) electrons. The zero-order valence-corrected chi connectivity index (χ0v) is 14.3. The molecular formula is C18H38O2. The molecule has 0 amide bonds. The first-order chi connectivity index (χ1) is 9.49. The third-order valence-corrected chi connectivity index (χ3v) is 4.47. The summed E-state index contributed by atoms with van der Waals surface area (Å²) in [6.07, 6.45) is 10.4. The second-order valence-electron chi connectivity index (χ2n) is 6.80. The van der Waals surface area contributed by atoms with Crippen LogP contribution in [0.25, 0.3) is 0 Å². The normalized spacial score (nSPS) is 17.7. The highest BCUT2D eigenvalue weighted by Gasteiger charge is 2.10. The number of hydrogen-bond donors (Lipinski definition) is 2. The fraction of sp³-hybridized carbons (Fsp3) is 1.00. The van der Waals surface area contributed by atoms with Crippen molar-refractivity contribution in [3.8, 4) is 0 Å². The van der Waals surface area contributed by atoms with Gasteiger partial charge in [-0.1, -0.05) is 53.4 Å². The summed E-state index contributed by atoms with van der Waals surface area (Å²) in [6, 6.07) is 0. The number of aliphatic hydroxyl groups excluding tert-OH is 2. The van der Waals surface area contributed by atoms with Gasteiger partial charge in [-0.2, -0.15) is 0 Å². The molecule has 0 bridgehead atoms. The highest BCUT2D eigenvalue weighted by atomic mass is 16.3. The minimum atomic E-state index is -0.179. The Bertz CT molecular complexity index is 206. The van der Waals surface area contributed by atoms with Crippen molar-refractivity contribution in [2.24, 2.45) is 11.8 Å². The highest BCUT2D eigenvalue weighted by Crippen LogP contribution is 2.21. The smallest absolute Gasteiger partial charge is 0.0540 e. The molecule has 0 aliphatic carbocycles. The SMILES string of the molecule is CCC[C@@H](C)CC[C@H](C)CC[C@@H](O)CCC[C@H](O)CC. The summed E-state index contributed by atoms with van der Waals surface area (Å²) in [7, 11) is 0. The van der Waals surface area contributed by atoms with Gasteiger partial charge in [-0.3, -0.25) is 0 Å². The first kappa shape index (κ1) is 19.9. The van der Waals surface area contributed by atoms with E-state index in [1.165, 1.54) is 25.7 Å². The van der Waals surface area contributed by atoms with E-state index >= 15 is 0 Å². The maximum atomic E-state index is 9.96. The Labute approximate surface area is 127 Å². The van der Waals surface area contributed by atoms with E-state index < -0.39 is 0 Å². The van der Waals surface area contributed by atoms with Crippen molar-refractivity contribution in [3.05, 3.63) is 0 Å². The van der Waals surface area contributed by atoms with Crippen molar-refractivity contribution in [2.75, 3.05) is 0 Å². The van der Waals surface area contributed by atoms with Crippen LogP contribution in [-0.2, 0) is 0 Å². The minimum absolute atomic E-state index is 0.172. The summed E-state index contributed by atoms with van der Waals surface area (Å²) in [6.45, 7) is 8.92. The number of rotatable bonds is 13. The lowest BCUT2D eigenvalue weighted by Gasteiger charge is -2.17. The Hall–Kier alpha value is -0.0800. The molecule has 0 aromatic rings. The molecule has 0 spiro atoms. The molecule has 2 heteroatoms. The molecule has 20 heavy (non-hydrogen) atoms. The van der Waals surface area contributed by atoms with E-state index in [-0.39, 0.29) is 12.2 Å². The van der Waals surface area contributed by atoms with Crippen LogP contribution < -0.4 is 0 Å². The van der Waals surface area contributed by atoms with E-state index in [2.05, 4.69) is 20.8 Å². The van der Waals surface area contributed by atoms with Crippen LogP contribution in [0.15, 0.2) is 0 Å². The zero-order chi connectivity index (χ0) is 15.4. The van der Waals surface area contributed by atoms with Gasteiger partial charge < -0.3 is 10.2 Å². The topological polar surface area (TPSA) is 40.5 Å². The zero-order valence-electron chi connectivity index (χ0n) is 14.3. The predicted octanol–water partition coefficient (Wildman–Crippen LogP) is 4.92. The summed E-state index contributed by atoms with van der Waals surface area (Å²) >= 11 is 0. The van der Waals surface area contributed by atoms with E-state index in [4.69, 9.17) is 0 Å². The van der Waals surface area contributed by atoms with Crippen LogP contribution in [0.4, 0.5) is 0 Å². The molecule has 2 N–H and O–H groups in total. The Kier molecular flexibility index (Phi) is 12.6. The molecule has 0 heterocycles. The van der Waals surface area contributed by atoms with Gasteiger partial charge in [0.1, 0.15) is 0 Å². The summed E-state index contributed by atoms with van der Waals surface area (Å²) in [5, 5.41) is 19.4. The summed E-state index contributed by atoms with van der Waals surface area (Å²) < 4.78 is 0. The van der Waals surface area contributed by atoms with E-state index in [0.717, 1.165) is 50.4 Å². The molecule has 0 aliphatic heterocycles. The van der Waals surface area contributed by atoms with Crippen LogP contribution in [0, 0.1) is 11.8 Å². The molecule has 2 nitrogen and oxygen atoms in total. The van der Waals surface area contributed by atoms with Gasteiger partial charge >= 0.3 is 0 Å². The third-order valence-electron chi connectivity index (χ3n) is 4.47. The van der Waals surface area contributed by atoms with Crippen molar-refractivity contribution in [2.45, 2.75) is 104 Å². The molecule has 0 aliphatic rings. The molecule has 0 saturated heterocycles. The quantitative estimate of drug-likeness (QED) is 0.504. The molecular weight excluding hydrogens is 248 g/mol. The van der Waals surface area contributed by atoms with Gasteiger partial charge in [0.2, 0.25) is 0 Å². The third kappa shape index (κ3) is 11.7. The van der Waals surface area contributed by atoms with Crippen LogP contribution in [0.2, 0.25) is 0 Å². The number of hydrogen-bond acceptors (Lipinski definition) is 2. The minimum Gasteiger partial charge on any atom is -0.393 e. The first-order valence-corrected chi connectivity index (χ1v) is 8.85. The fourth-order valence-electron chi connectivity index (χ4n) is 2.76. The van der Waals surface area contributed by atoms with Gasteiger partial charge in [0.25, 0.3) is 0 Å². The van der Waals surface area contributed by atoms with Gasteiger partial charge in [0.15, 0.2) is 0 Å². The maximum Gasteiger partial charge on any atom is 0.0540 e.